The minimum atomic E-state index is 0.322. The van der Waals surface area contributed by atoms with Crippen LogP contribution in [-0.2, 0) is 0 Å². The van der Waals surface area contributed by atoms with Crippen LogP contribution in [0.5, 0.6) is 5.75 Å². The van der Waals surface area contributed by atoms with E-state index in [-0.39, 0.29) is 0 Å². The number of hydrogen-bond donors (Lipinski definition) is 1. The van der Waals surface area contributed by atoms with Crippen LogP contribution in [0, 0.1) is 0 Å². The summed E-state index contributed by atoms with van der Waals surface area (Å²) in [7, 11) is 0. The van der Waals surface area contributed by atoms with Gasteiger partial charge in [0.2, 0.25) is 0 Å². The molecular formula is C15H24N2O. The van der Waals surface area contributed by atoms with Gasteiger partial charge in [0.15, 0.2) is 0 Å². The highest BCUT2D eigenvalue weighted by Crippen LogP contribution is 2.34. The van der Waals surface area contributed by atoms with Crippen LogP contribution in [0.2, 0.25) is 0 Å². The molecule has 0 spiro atoms. The second kappa shape index (κ2) is 6.21. The number of hydrogen-bond acceptors (Lipinski definition) is 3. The van der Waals surface area contributed by atoms with Gasteiger partial charge >= 0.3 is 0 Å². The van der Waals surface area contributed by atoms with Crippen molar-refractivity contribution in [1.29, 1.82) is 0 Å². The van der Waals surface area contributed by atoms with Gasteiger partial charge in [-0.25, -0.2) is 0 Å². The van der Waals surface area contributed by atoms with Gasteiger partial charge in [0, 0.05) is 18.6 Å². The van der Waals surface area contributed by atoms with Crippen LogP contribution in [0.1, 0.15) is 38.3 Å². The number of nitrogens with two attached hydrogens (primary N) is 1. The molecule has 0 amide bonds. The summed E-state index contributed by atoms with van der Waals surface area (Å²) in [4.78, 5) is 2.52. The third-order valence-corrected chi connectivity index (χ3v) is 3.56. The molecule has 1 aromatic rings. The first-order valence-electron chi connectivity index (χ1n) is 6.98. The number of ether oxygens (including phenoxy) is 1. The van der Waals surface area contributed by atoms with Crippen LogP contribution in [-0.4, -0.2) is 30.6 Å². The average molecular weight is 248 g/mol. The van der Waals surface area contributed by atoms with Crippen LogP contribution in [0.25, 0.3) is 0 Å². The minimum Gasteiger partial charge on any atom is -0.494 e. The van der Waals surface area contributed by atoms with Crippen molar-refractivity contribution in [3.8, 4) is 5.75 Å². The van der Waals surface area contributed by atoms with Crippen molar-refractivity contribution in [2.45, 2.75) is 38.8 Å². The predicted molar refractivity (Wildman–Crippen MR) is 74.8 cm³/mol. The van der Waals surface area contributed by atoms with Gasteiger partial charge in [-0.05, 0) is 44.0 Å². The molecule has 0 bridgehead atoms. The third kappa shape index (κ3) is 3.03. The van der Waals surface area contributed by atoms with E-state index in [2.05, 4.69) is 30.0 Å². The number of rotatable bonds is 7. The largest absolute Gasteiger partial charge is 0.494 e. The quantitative estimate of drug-likeness (QED) is 0.806. The van der Waals surface area contributed by atoms with Gasteiger partial charge in [-0.2, -0.15) is 0 Å². The molecule has 0 heterocycles. The highest BCUT2D eigenvalue weighted by atomic mass is 16.5. The van der Waals surface area contributed by atoms with E-state index in [1.54, 1.807) is 0 Å². The van der Waals surface area contributed by atoms with Gasteiger partial charge in [-0.3, -0.25) is 4.90 Å². The molecule has 3 heteroatoms. The fourth-order valence-electron chi connectivity index (χ4n) is 2.58. The lowest BCUT2D eigenvalue weighted by Gasteiger charge is -2.30. The number of likely N-dealkylation sites (N-methyl/N-ethyl adjacent to an activating group) is 1. The summed E-state index contributed by atoms with van der Waals surface area (Å²) in [6.45, 7) is 6.66. The summed E-state index contributed by atoms with van der Waals surface area (Å²) in [6.07, 6.45) is 2.63. The highest BCUT2D eigenvalue weighted by molar-refractivity contribution is 5.31. The Hall–Kier alpha value is -1.06. The van der Waals surface area contributed by atoms with Crippen molar-refractivity contribution in [2.75, 3.05) is 19.7 Å². The van der Waals surface area contributed by atoms with Gasteiger partial charge in [0.1, 0.15) is 5.75 Å². The smallest absolute Gasteiger partial charge is 0.119 e. The number of nitrogens with zero attached hydrogens (tertiary/aromatic N) is 1. The first-order valence-corrected chi connectivity index (χ1v) is 6.98. The van der Waals surface area contributed by atoms with Gasteiger partial charge in [-0.15, -0.1) is 0 Å². The zero-order valence-electron chi connectivity index (χ0n) is 11.4. The minimum absolute atomic E-state index is 0.322. The Bertz CT molecular complexity index is 377. The lowest BCUT2D eigenvalue weighted by atomic mass is 10.0. The summed E-state index contributed by atoms with van der Waals surface area (Å²) in [5.74, 6) is 0.945. The van der Waals surface area contributed by atoms with Gasteiger partial charge in [-0.1, -0.05) is 19.1 Å². The average Bonchev–Trinajstić information content (AvgIpc) is 3.21. The molecule has 1 atom stereocenters. The van der Waals surface area contributed by atoms with Crippen molar-refractivity contribution < 1.29 is 4.74 Å². The molecule has 1 fully saturated rings. The van der Waals surface area contributed by atoms with Crippen LogP contribution >= 0.6 is 0 Å². The molecule has 0 saturated heterocycles. The molecular weight excluding hydrogens is 224 g/mol. The van der Waals surface area contributed by atoms with E-state index in [1.807, 2.05) is 13.0 Å². The Labute approximate surface area is 110 Å². The van der Waals surface area contributed by atoms with Gasteiger partial charge in [0.25, 0.3) is 0 Å². The Morgan fingerprint density at radius 2 is 2.17 bits per heavy atom. The van der Waals surface area contributed by atoms with Gasteiger partial charge in [0.05, 0.1) is 6.61 Å². The lowest BCUT2D eigenvalue weighted by Crippen LogP contribution is -2.35. The summed E-state index contributed by atoms with van der Waals surface area (Å²) < 4.78 is 5.57. The van der Waals surface area contributed by atoms with Crippen LogP contribution in [0.4, 0.5) is 0 Å². The summed E-state index contributed by atoms with van der Waals surface area (Å²) in [5, 5.41) is 0. The zero-order chi connectivity index (χ0) is 13.0. The second-order valence-electron chi connectivity index (χ2n) is 4.82. The fourth-order valence-corrected chi connectivity index (χ4v) is 2.58. The van der Waals surface area contributed by atoms with Crippen molar-refractivity contribution in [2.24, 2.45) is 5.73 Å². The van der Waals surface area contributed by atoms with Crippen molar-refractivity contribution >= 4 is 0 Å². The maximum absolute atomic E-state index is 5.99. The second-order valence-corrected chi connectivity index (χ2v) is 4.82. The molecule has 0 radical (unpaired) electrons. The SMILES string of the molecule is CCOc1cccc(C(CN)N(CC)C2CC2)c1. The maximum atomic E-state index is 5.99. The normalized spacial score (nSPS) is 16.9. The van der Waals surface area contributed by atoms with E-state index >= 15 is 0 Å². The first-order chi connectivity index (χ1) is 8.80. The Kier molecular flexibility index (Phi) is 4.61. The van der Waals surface area contributed by atoms with E-state index in [9.17, 15) is 0 Å². The Morgan fingerprint density at radius 3 is 2.72 bits per heavy atom. The zero-order valence-corrected chi connectivity index (χ0v) is 11.4. The first kappa shape index (κ1) is 13.4. The molecule has 1 saturated carbocycles. The summed E-state index contributed by atoms with van der Waals surface area (Å²) >= 11 is 0. The van der Waals surface area contributed by atoms with Gasteiger partial charge < -0.3 is 10.5 Å². The molecule has 0 aromatic heterocycles. The highest BCUT2D eigenvalue weighted by Gasteiger charge is 2.32. The molecule has 100 valence electrons. The summed E-state index contributed by atoms with van der Waals surface area (Å²) in [5.41, 5.74) is 7.26. The van der Waals surface area contributed by atoms with E-state index in [1.165, 1.54) is 18.4 Å². The molecule has 2 N–H and O–H groups in total. The van der Waals surface area contributed by atoms with E-state index < -0.39 is 0 Å². The molecule has 1 aliphatic rings. The molecule has 3 nitrogen and oxygen atoms in total. The Morgan fingerprint density at radius 1 is 1.39 bits per heavy atom. The third-order valence-electron chi connectivity index (χ3n) is 3.56. The fraction of sp³-hybridized carbons (Fsp3) is 0.600. The monoisotopic (exact) mass is 248 g/mol. The van der Waals surface area contributed by atoms with E-state index in [4.69, 9.17) is 10.5 Å². The lowest BCUT2D eigenvalue weighted by molar-refractivity contribution is 0.201. The van der Waals surface area contributed by atoms with Crippen molar-refractivity contribution in [1.82, 2.24) is 4.90 Å². The molecule has 1 aromatic carbocycles. The van der Waals surface area contributed by atoms with Crippen molar-refractivity contribution in [3.05, 3.63) is 29.8 Å². The van der Waals surface area contributed by atoms with E-state index in [0.717, 1.165) is 18.3 Å². The standard InChI is InChI=1S/C15H24N2O/c1-3-17(13-8-9-13)15(11-16)12-6-5-7-14(10-12)18-4-2/h5-7,10,13,15H,3-4,8-9,11,16H2,1-2H3. The molecule has 1 aliphatic carbocycles. The predicted octanol–water partition coefficient (Wildman–Crippen LogP) is 2.57. The van der Waals surface area contributed by atoms with E-state index in [0.29, 0.717) is 19.2 Å². The van der Waals surface area contributed by atoms with Crippen molar-refractivity contribution in [3.63, 3.8) is 0 Å². The molecule has 1 unspecified atom stereocenters. The van der Waals surface area contributed by atoms with Crippen LogP contribution in [0.15, 0.2) is 24.3 Å². The Balaban J connectivity index is 2.17. The molecule has 2 rings (SSSR count). The molecule has 0 aliphatic heterocycles. The number of benzene rings is 1. The van der Waals surface area contributed by atoms with Crippen LogP contribution in [0.3, 0.4) is 0 Å². The van der Waals surface area contributed by atoms with Crippen LogP contribution < -0.4 is 10.5 Å². The summed E-state index contributed by atoms with van der Waals surface area (Å²) in [6, 6.07) is 9.41. The molecule has 18 heavy (non-hydrogen) atoms. The maximum Gasteiger partial charge on any atom is 0.119 e. The topological polar surface area (TPSA) is 38.5 Å².